The van der Waals surface area contributed by atoms with E-state index < -0.39 is 16.1 Å². The molecule has 1 amide bonds. The van der Waals surface area contributed by atoms with Gasteiger partial charge in [0.1, 0.15) is 6.04 Å². The van der Waals surface area contributed by atoms with Crippen LogP contribution in [0.3, 0.4) is 0 Å². The summed E-state index contributed by atoms with van der Waals surface area (Å²) < 4.78 is 26.7. The molecular weight excluding hydrogens is 442 g/mol. The van der Waals surface area contributed by atoms with Crippen LogP contribution in [0.4, 0.5) is 5.13 Å². The van der Waals surface area contributed by atoms with Crippen LogP contribution in [0.1, 0.15) is 24.0 Å². The summed E-state index contributed by atoms with van der Waals surface area (Å²) in [4.78, 5) is 19.9. The zero-order valence-electron chi connectivity index (χ0n) is 16.7. The van der Waals surface area contributed by atoms with Crippen LogP contribution in [0, 0.1) is 6.92 Å². The topological polar surface area (TPSA) is 70.6 Å². The van der Waals surface area contributed by atoms with Crippen LogP contribution in [-0.4, -0.2) is 42.5 Å². The van der Waals surface area contributed by atoms with Crippen molar-refractivity contribution in [3.05, 3.63) is 58.6 Å². The number of carbonyl (C=O) groups is 1. The second kappa shape index (κ2) is 8.26. The molecule has 1 aliphatic rings. The van der Waals surface area contributed by atoms with E-state index in [9.17, 15) is 13.2 Å². The van der Waals surface area contributed by atoms with Crippen molar-refractivity contribution in [1.29, 1.82) is 0 Å². The molecule has 1 unspecified atom stereocenters. The summed E-state index contributed by atoms with van der Waals surface area (Å²) in [6.45, 7) is 2.59. The van der Waals surface area contributed by atoms with Gasteiger partial charge in [-0.05, 0) is 43.0 Å². The Morgan fingerprint density at radius 2 is 2.00 bits per heavy atom. The molecule has 1 atom stereocenters. The van der Waals surface area contributed by atoms with Gasteiger partial charge in [0, 0.05) is 11.6 Å². The minimum absolute atomic E-state index is 0.246. The first-order valence-corrected chi connectivity index (χ1v) is 12.7. The Labute approximate surface area is 185 Å². The fourth-order valence-corrected chi connectivity index (χ4v) is 6.07. The highest BCUT2D eigenvalue weighted by molar-refractivity contribution is 7.88. The van der Waals surface area contributed by atoms with Gasteiger partial charge in [0.25, 0.3) is 0 Å². The molecule has 0 spiro atoms. The lowest BCUT2D eigenvalue weighted by Gasteiger charge is -2.27. The molecule has 30 heavy (non-hydrogen) atoms. The zero-order valence-corrected chi connectivity index (χ0v) is 19.1. The highest BCUT2D eigenvalue weighted by atomic mass is 35.5. The Bertz CT molecular complexity index is 1190. The summed E-state index contributed by atoms with van der Waals surface area (Å²) in [6, 6.07) is 12.7. The van der Waals surface area contributed by atoms with Gasteiger partial charge < -0.3 is 0 Å². The van der Waals surface area contributed by atoms with E-state index in [0.29, 0.717) is 36.1 Å². The lowest BCUT2D eigenvalue weighted by molar-refractivity contribution is -0.121. The molecule has 0 N–H and O–H groups in total. The zero-order chi connectivity index (χ0) is 21.5. The van der Waals surface area contributed by atoms with Gasteiger partial charge in [-0.15, -0.1) is 0 Å². The summed E-state index contributed by atoms with van der Waals surface area (Å²) >= 11 is 7.66. The molecule has 9 heteroatoms. The third-order valence-corrected chi connectivity index (χ3v) is 8.07. The van der Waals surface area contributed by atoms with Crippen LogP contribution in [0.15, 0.2) is 42.5 Å². The Balaban J connectivity index is 1.77. The monoisotopic (exact) mass is 463 g/mol. The molecule has 1 aromatic heterocycles. The van der Waals surface area contributed by atoms with Gasteiger partial charge in [-0.2, -0.15) is 4.31 Å². The number of carbonyl (C=O) groups excluding carboxylic acids is 1. The van der Waals surface area contributed by atoms with Gasteiger partial charge in [0.2, 0.25) is 15.9 Å². The molecule has 1 fully saturated rings. The number of aromatic nitrogens is 1. The average molecular weight is 464 g/mol. The van der Waals surface area contributed by atoms with Crippen LogP contribution < -0.4 is 4.90 Å². The number of halogens is 1. The summed E-state index contributed by atoms with van der Waals surface area (Å²) in [5.74, 6) is -0.246. The molecule has 6 nitrogen and oxygen atoms in total. The Kier molecular flexibility index (Phi) is 5.85. The molecule has 0 saturated carbocycles. The summed E-state index contributed by atoms with van der Waals surface area (Å²) in [5.41, 5.74) is 2.57. The van der Waals surface area contributed by atoms with E-state index >= 15 is 0 Å². The number of fused-ring (bicyclic) bond motifs is 1. The minimum atomic E-state index is -3.47. The lowest BCUT2D eigenvalue weighted by Crippen LogP contribution is -2.47. The standard InChI is InChI=1S/C21H22ClN3O3S2/c1-14-16(22)10-11-18-19(14)23-21(29-18)24(13-15-7-4-3-5-8-15)20(26)17-9-6-12-25(17)30(2,27)28/h3-5,7-8,10-11,17H,6,9,12-13H2,1-2H3. The number of aryl methyl sites for hydroxylation is 1. The number of amides is 1. The first-order valence-electron chi connectivity index (χ1n) is 9.63. The Morgan fingerprint density at radius 3 is 2.70 bits per heavy atom. The van der Waals surface area contributed by atoms with Gasteiger partial charge in [0.05, 0.1) is 23.0 Å². The van der Waals surface area contributed by atoms with E-state index in [1.165, 1.54) is 15.6 Å². The van der Waals surface area contributed by atoms with E-state index in [0.717, 1.165) is 27.6 Å². The third kappa shape index (κ3) is 4.09. The molecule has 1 aliphatic heterocycles. The fourth-order valence-electron chi connectivity index (χ4n) is 3.77. The van der Waals surface area contributed by atoms with Crippen LogP contribution in [0.25, 0.3) is 10.2 Å². The number of thiazole rings is 1. The molecule has 0 bridgehead atoms. The van der Waals surface area contributed by atoms with Gasteiger partial charge in [-0.3, -0.25) is 9.69 Å². The average Bonchev–Trinajstić information content (AvgIpc) is 3.37. The van der Waals surface area contributed by atoms with Crippen LogP contribution in [-0.2, 0) is 21.4 Å². The van der Waals surface area contributed by atoms with Crippen molar-refractivity contribution in [1.82, 2.24) is 9.29 Å². The van der Waals surface area contributed by atoms with Gasteiger partial charge in [0.15, 0.2) is 5.13 Å². The summed E-state index contributed by atoms with van der Waals surface area (Å²) in [6.07, 6.45) is 2.33. The van der Waals surface area contributed by atoms with Crippen molar-refractivity contribution in [3.8, 4) is 0 Å². The normalized spacial score (nSPS) is 17.5. The third-order valence-electron chi connectivity index (χ3n) is 5.33. The number of hydrogen-bond acceptors (Lipinski definition) is 5. The predicted octanol–water partition coefficient (Wildman–Crippen LogP) is 4.22. The maximum atomic E-state index is 13.6. The number of rotatable bonds is 5. The van der Waals surface area contributed by atoms with Crippen molar-refractivity contribution >= 4 is 54.2 Å². The number of sulfonamides is 1. The van der Waals surface area contributed by atoms with Crippen molar-refractivity contribution in [2.75, 3.05) is 17.7 Å². The van der Waals surface area contributed by atoms with Crippen molar-refractivity contribution in [2.24, 2.45) is 0 Å². The summed E-state index contributed by atoms with van der Waals surface area (Å²) in [5, 5.41) is 1.17. The molecule has 3 aromatic rings. The van der Waals surface area contributed by atoms with E-state index in [2.05, 4.69) is 0 Å². The molecule has 4 rings (SSSR count). The molecule has 2 heterocycles. The Hall–Kier alpha value is -2.00. The smallest absolute Gasteiger partial charge is 0.247 e. The molecule has 0 aliphatic carbocycles. The largest absolute Gasteiger partial charge is 0.282 e. The van der Waals surface area contributed by atoms with E-state index in [1.54, 1.807) is 4.90 Å². The van der Waals surface area contributed by atoms with E-state index in [1.807, 2.05) is 49.4 Å². The van der Waals surface area contributed by atoms with Crippen LogP contribution in [0.5, 0.6) is 0 Å². The highest BCUT2D eigenvalue weighted by Gasteiger charge is 2.39. The molecule has 0 radical (unpaired) electrons. The quantitative estimate of drug-likeness (QED) is 0.568. The van der Waals surface area contributed by atoms with E-state index in [4.69, 9.17) is 16.6 Å². The lowest BCUT2D eigenvalue weighted by atomic mass is 10.1. The van der Waals surface area contributed by atoms with Crippen molar-refractivity contribution < 1.29 is 13.2 Å². The Morgan fingerprint density at radius 1 is 1.27 bits per heavy atom. The number of anilines is 1. The molecule has 1 saturated heterocycles. The van der Waals surface area contributed by atoms with E-state index in [-0.39, 0.29) is 5.91 Å². The number of hydrogen-bond donors (Lipinski definition) is 0. The van der Waals surface area contributed by atoms with Crippen LogP contribution >= 0.6 is 22.9 Å². The minimum Gasteiger partial charge on any atom is -0.282 e. The molecule has 158 valence electrons. The predicted molar refractivity (Wildman–Crippen MR) is 122 cm³/mol. The molecular formula is C21H22ClN3O3S2. The van der Waals surface area contributed by atoms with Crippen molar-refractivity contribution in [2.45, 2.75) is 32.4 Å². The number of nitrogens with zero attached hydrogens (tertiary/aromatic N) is 3. The summed E-state index contributed by atoms with van der Waals surface area (Å²) in [7, 11) is -3.47. The maximum Gasteiger partial charge on any atom is 0.247 e. The SMILES string of the molecule is Cc1c(Cl)ccc2sc(N(Cc3ccccc3)C(=O)C3CCCN3S(C)(=O)=O)nc12. The first kappa shape index (κ1) is 21.2. The second-order valence-electron chi connectivity index (χ2n) is 7.46. The molecule has 2 aromatic carbocycles. The second-order valence-corrected chi connectivity index (χ2v) is 10.8. The van der Waals surface area contributed by atoms with Crippen molar-refractivity contribution in [3.63, 3.8) is 0 Å². The number of benzene rings is 2. The van der Waals surface area contributed by atoms with Gasteiger partial charge in [-0.25, -0.2) is 13.4 Å². The van der Waals surface area contributed by atoms with Gasteiger partial charge >= 0.3 is 0 Å². The fraction of sp³-hybridized carbons (Fsp3) is 0.333. The van der Waals surface area contributed by atoms with Gasteiger partial charge in [-0.1, -0.05) is 53.3 Å². The first-order chi connectivity index (χ1) is 14.3. The maximum absolute atomic E-state index is 13.6. The highest BCUT2D eigenvalue weighted by Crippen LogP contribution is 2.35. The van der Waals surface area contributed by atoms with Crippen LogP contribution in [0.2, 0.25) is 5.02 Å².